The molecule has 0 aliphatic carbocycles. The van der Waals surface area contributed by atoms with Gasteiger partial charge in [-0.1, -0.05) is 18.2 Å². The topological polar surface area (TPSA) is 33.5 Å². The van der Waals surface area contributed by atoms with Crippen molar-refractivity contribution >= 4 is 23.2 Å². The summed E-state index contributed by atoms with van der Waals surface area (Å²) in [5, 5.41) is 0.158. The molecule has 0 saturated heterocycles. The number of halogens is 1. The summed E-state index contributed by atoms with van der Waals surface area (Å²) in [6.07, 6.45) is 3.43. The van der Waals surface area contributed by atoms with Crippen molar-refractivity contribution in [2.45, 2.75) is 19.8 Å². The van der Waals surface area contributed by atoms with Crippen LogP contribution in [0.2, 0.25) is 5.22 Å². The molecule has 1 aromatic heterocycles. The Bertz CT molecular complexity index is 633. The van der Waals surface area contributed by atoms with Gasteiger partial charge in [-0.05, 0) is 48.6 Å². The van der Waals surface area contributed by atoms with Gasteiger partial charge in [0.05, 0.1) is 17.5 Å². The van der Waals surface area contributed by atoms with Gasteiger partial charge < -0.3 is 9.32 Å². The molecule has 3 nitrogen and oxygen atoms in total. The van der Waals surface area contributed by atoms with Gasteiger partial charge in [0.15, 0.2) is 0 Å². The van der Waals surface area contributed by atoms with E-state index in [0.29, 0.717) is 5.56 Å². The highest BCUT2D eigenvalue weighted by Gasteiger charge is 2.27. The van der Waals surface area contributed by atoms with Crippen molar-refractivity contribution in [2.24, 2.45) is 0 Å². The third-order valence-electron chi connectivity index (χ3n) is 3.51. The molecule has 3 rings (SSSR count). The summed E-state index contributed by atoms with van der Waals surface area (Å²) in [5.41, 5.74) is 3.79. The largest absolute Gasteiger partial charge is 0.452 e. The number of carbonyl (C=O) groups is 1. The standard InChI is InChI=1S/C15H14ClNO2/c1-10-4-2-5-11-6-3-8-17(13(10)11)15(18)12-7-9-19-14(12)16/h2,4-5,7,9H,3,6,8H2,1H3. The molecule has 0 bridgehead atoms. The Morgan fingerprint density at radius 1 is 1.37 bits per heavy atom. The summed E-state index contributed by atoms with van der Waals surface area (Å²) in [7, 11) is 0. The van der Waals surface area contributed by atoms with E-state index in [1.807, 2.05) is 24.0 Å². The maximum Gasteiger partial charge on any atom is 0.263 e. The van der Waals surface area contributed by atoms with E-state index in [2.05, 4.69) is 6.07 Å². The molecule has 1 amide bonds. The number of fused-ring (bicyclic) bond motifs is 1. The Labute approximate surface area is 116 Å². The number of aryl methyl sites for hydroxylation is 2. The van der Waals surface area contributed by atoms with Crippen molar-refractivity contribution in [2.75, 3.05) is 11.4 Å². The number of benzene rings is 1. The minimum absolute atomic E-state index is 0.0889. The van der Waals surface area contributed by atoms with E-state index < -0.39 is 0 Å². The number of hydrogen-bond acceptors (Lipinski definition) is 2. The first-order valence-electron chi connectivity index (χ1n) is 6.32. The lowest BCUT2D eigenvalue weighted by Gasteiger charge is -2.30. The fraction of sp³-hybridized carbons (Fsp3) is 0.267. The van der Waals surface area contributed by atoms with E-state index in [4.69, 9.17) is 16.0 Å². The summed E-state index contributed by atoms with van der Waals surface area (Å²) >= 11 is 5.91. The van der Waals surface area contributed by atoms with E-state index in [9.17, 15) is 4.79 Å². The monoisotopic (exact) mass is 275 g/mol. The lowest BCUT2D eigenvalue weighted by atomic mass is 9.98. The average molecular weight is 276 g/mol. The second-order valence-corrected chi connectivity index (χ2v) is 5.09. The molecule has 19 heavy (non-hydrogen) atoms. The molecule has 0 N–H and O–H groups in total. The van der Waals surface area contributed by atoms with E-state index in [0.717, 1.165) is 30.6 Å². The van der Waals surface area contributed by atoms with E-state index >= 15 is 0 Å². The van der Waals surface area contributed by atoms with Gasteiger partial charge in [-0.15, -0.1) is 0 Å². The van der Waals surface area contributed by atoms with Crippen LogP contribution in [0.3, 0.4) is 0 Å². The van der Waals surface area contributed by atoms with Gasteiger partial charge in [-0.3, -0.25) is 4.79 Å². The van der Waals surface area contributed by atoms with Crippen molar-refractivity contribution in [1.29, 1.82) is 0 Å². The van der Waals surface area contributed by atoms with E-state index in [-0.39, 0.29) is 11.1 Å². The smallest absolute Gasteiger partial charge is 0.263 e. The summed E-state index contributed by atoms with van der Waals surface area (Å²) in [6.45, 7) is 2.75. The van der Waals surface area contributed by atoms with Gasteiger partial charge in [0.1, 0.15) is 0 Å². The molecule has 98 valence electrons. The number of carbonyl (C=O) groups excluding carboxylic acids is 1. The maximum atomic E-state index is 12.6. The minimum atomic E-state index is -0.0889. The van der Waals surface area contributed by atoms with Crippen molar-refractivity contribution < 1.29 is 9.21 Å². The lowest BCUT2D eigenvalue weighted by molar-refractivity contribution is 0.0984. The predicted octanol–water partition coefficient (Wildman–Crippen LogP) is 3.83. The van der Waals surface area contributed by atoms with Gasteiger partial charge in [0, 0.05) is 6.54 Å². The number of anilines is 1. The van der Waals surface area contributed by atoms with E-state index in [1.165, 1.54) is 11.8 Å². The second-order valence-electron chi connectivity index (χ2n) is 4.75. The molecule has 0 atom stereocenters. The van der Waals surface area contributed by atoms with Crippen LogP contribution in [0.1, 0.15) is 27.9 Å². The molecule has 2 heterocycles. The number of nitrogens with zero attached hydrogens (tertiary/aromatic N) is 1. The maximum absolute atomic E-state index is 12.6. The summed E-state index contributed by atoms with van der Waals surface area (Å²) in [4.78, 5) is 14.4. The molecule has 1 aliphatic rings. The molecule has 0 fully saturated rings. The number of furan rings is 1. The van der Waals surface area contributed by atoms with Crippen LogP contribution in [0.5, 0.6) is 0 Å². The first-order valence-corrected chi connectivity index (χ1v) is 6.69. The van der Waals surface area contributed by atoms with E-state index in [1.54, 1.807) is 6.07 Å². The van der Waals surface area contributed by atoms with Gasteiger partial charge in [0.2, 0.25) is 5.22 Å². The highest BCUT2D eigenvalue weighted by Crippen LogP contribution is 2.32. The van der Waals surface area contributed by atoms with Crippen LogP contribution in [-0.2, 0) is 6.42 Å². The summed E-state index contributed by atoms with van der Waals surface area (Å²) in [5.74, 6) is -0.0889. The quantitative estimate of drug-likeness (QED) is 0.792. The molecule has 0 radical (unpaired) electrons. The zero-order valence-corrected chi connectivity index (χ0v) is 11.4. The van der Waals surface area contributed by atoms with Gasteiger partial charge in [0.25, 0.3) is 5.91 Å². The number of amides is 1. The van der Waals surface area contributed by atoms with Crippen LogP contribution in [0.4, 0.5) is 5.69 Å². The molecule has 0 unspecified atom stereocenters. The van der Waals surface area contributed by atoms with Crippen LogP contribution >= 0.6 is 11.6 Å². The van der Waals surface area contributed by atoms with Gasteiger partial charge >= 0.3 is 0 Å². The number of para-hydroxylation sites is 1. The van der Waals surface area contributed by atoms with Crippen LogP contribution in [0, 0.1) is 6.92 Å². The number of hydrogen-bond donors (Lipinski definition) is 0. The van der Waals surface area contributed by atoms with Crippen molar-refractivity contribution in [3.05, 3.63) is 52.4 Å². The third-order valence-corrected chi connectivity index (χ3v) is 3.81. The van der Waals surface area contributed by atoms with Gasteiger partial charge in [-0.2, -0.15) is 0 Å². The normalized spacial score (nSPS) is 14.3. The van der Waals surface area contributed by atoms with Gasteiger partial charge in [-0.25, -0.2) is 0 Å². The fourth-order valence-corrected chi connectivity index (χ4v) is 2.84. The SMILES string of the molecule is Cc1cccc2c1N(C(=O)c1ccoc1Cl)CCC2. The molecule has 0 spiro atoms. The van der Waals surface area contributed by atoms with Crippen LogP contribution in [0.25, 0.3) is 0 Å². The highest BCUT2D eigenvalue weighted by atomic mass is 35.5. The number of rotatable bonds is 1. The summed E-state index contributed by atoms with van der Waals surface area (Å²) < 4.78 is 5.01. The Morgan fingerprint density at radius 3 is 2.95 bits per heavy atom. The molecular weight excluding hydrogens is 262 g/mol. The Morgan fingerprint density at radius 2 is 2.21 bits per heavy atom. The zero-order valence-electron chi connectivity index (χ0n) is 10.6. The fourth-order valence-electron chi connectivity index (χ4n) is 2.64. The van der Waals surface area contributed by atoms with Crippen LogP contribution in [0.15, 0.2) is 34.9 Å². The Hall–Kier alpha value is -1.74. The average Bonchev–Trinajstić information content (AvgIpc) is 2.84. The zero-order chi connectivity index (χ0) is 13.4. The Kier molecular flexibility index (Phi) is 3.07. The van der Waals surface area contributed by atoms with Crippen LogP contribution < -0.4 is 4.90 Å². The Balaban J connectivity index is 2.05. The minimum Gasteiger partial charge on any atom is -0.452 e. The molecule has 1 aromatic carbocycles. The first-order chi connectivity index (χ1) is 9.18. The van der Waals surface area contributed by atoms with Crippen molar-refractivity contribution in [1.82, 2.24) is 0 Å². The first kappa shape index (κ1) is 12.3. The van der Waals surface area contributed by atoms with Crippen molar-refractivity contribution in [3.63, 3.8) is 0 Å². The molecular formula is C15H14ClNO2. The highest BCUT2D eigenvalue weighted by molar-refractivity contribution is 6.32. The molecule has 4 heteroatoms. The van der Waals surface area contributed by atoms with Crippen LogP contribution in [-0.4, -0.2) is 12.5 Å². The van der Waals surface area contributed by atoms with Crippen molar-refractivity contribution in [3.8, 4) is 0 Å². The second kappa shape index (κ2) is 4.74. The molecule has 1 aliphatic heterocycles. The summed E-state index contributed by atoms with van der Waals surface area (Å²) in [6, 6.07) is 7.77. The molecule has 2 aromatic rings. The third kappa shape index (κ3) is 2.04. The predicted molar refractivity (Wildman–Crippen MR) is 74.9 cm³/mol. The molecule has 0 saturated carbocycles. The lowest BCUT2D eigenvalue weighted by Crippen LogP contribution is -2.36.